The Bertz CT molecular complexity index is 634. The number of H-pyrrole nitrogens is 1. The smallest absolute Gasteiger partial charge is 0.249 e. The summed E-state index contributed by atoms with van der Waals surface area (Å²) in [5, 5.41) is 2.61. The van der Waals surface area contributed by atoms with Gasteiger partial charge in [0.05, 0.1) is 11.2 Å². The Balaban J connectivity index is 2.08. The van der Waals surface area contributed by atoms with Gasteiger partial charge in [0.25, 0.3) is 0 Å². The zero-order chi connectivity index (χ0) is 12.7. The van der Waals surface area contributed by atoms with E-state index in [1.165, 1.54) is 4.90 Å². The summed E-state index contributed by atoms with van der Waals surface area (Å²) in [7, 11) is 0. The Morgan fingerprint density at radius 2 is 2.28 bits per heavy atom. The van der Waals surface area contributed by atoms with Crippen molar-refractivity contribution in [2.45, 2.75) is 13.0 Å². The lowest BCUT2D eigenvalue weighted by Gasteiger charge is -2.30. The molecule has 18 heavy (non-hydrogen) atoms. The summed E-state index contributed by atoms with van der Waals surface area (Å²) in [6.45, 7) is 1.71. The van der Waals surface area contributed by atoms with Crippen molar-refractivity contribution in [3.63, 3.8) is 0 Å². The zero-order valence-corrected chi connectivity index (χ0v) is 9.80. The highest BCUT2D eigenvalue weighted by Crippen LogP contribution is 2.25. The molecule has 3 rings (SSSR count). The minimum atomic E-state index is -0.500. The lowest BCUT2D eigenvalue weighted by Crippen LogP contribution is -2.57. The van der Waals surface area contributed by atoms with Gasteiger partial charge >= 0.3 is 0 Å². The molecule has 0 aromatic carbocycles. The second-order valence-electron chi connectivity index (χ2n) is 4.29. The number of anilines is 1. The Hall–Kier alpha value is -2.37. The molecular weight excluding hydrogens is 232 g/mol. The van der Waals surface area contributed by atoms with Crippen molar-refractivity contribution in [3.8, 4) is 0 Å². The first-order valence-electron chi connectivity index (χ1n) is 5.69. The van der Waals surface area contributed by atoms with Crippen LogP contribution in [-0.2, 0) is 9.59 Å². The van der Waals surface area contributed by atoms with Crippen molar-refractivity contribution in [2.24, 2.45) is 0 Å². The summed E-state index contributed by atoms with van der Waals surface area (Å²) in [5.41, 5.74) is 2.20. The van der Waals surface area contributed by atoms with E-state index in [9.17, 15) is 9.59 Å². The maximum Gasteiger partial charge on any atom is 0.249 e. The molecule has 3 heterocycles. The molecule has 0 saturated carbocycles. The average Bonchev–Trinajstić information content (AvgIpc) is 2.77. The molecule has 1 saturated heterocycles. The normalized spacial score (nSPS) is 20.3. The van der Waals surface area contributed by atoms with Gasteiger partial charge in [-0.1, -0.05) is 0 Å². The summed E-state index contributed by atoms with van der Waals surface area (Å²) in [4.78, 5) is 32.4. The van der Waals surface area contributed by atoms with Crippen LogP contribution in [0, 0.1) is 0 Å². The number of nitrogens with zero attached hydrogens (tertiary/aromatic N) is 2. The van der Waals surface area contributed by atoms with E-state index >= 15 is 0 Å². The number of amides is 2. The molecule has 6 heteroatoms. The highest BCUT2D eigenvalue weighted by molar-refractivity contribution is 6.10. The number of hydrogen-bond acceptors (Lipinski definition) is 3. The predicted molar refractivity (Wildman–Crippen MR) is 66.1 cm³/mol. The van der Waals surface area contributed by atoms with E-state index in [1.807, 2.05) is 12.1 Å². The van der Waals surface area contributed by atoms with Gasteiger partial charge in [-0.25, -0.2) is 0 Å². The van der Waals surface area contributed by atoms with Crippen LogP contribution in [-0.4, -0.2) is 34.4 Å². The van der Waals surface area contributed by atoms with Crippen molar-refractivity contribution in [2.75, 3.05) is 11.4 Å². The summed E-state index contributed by atoms with van der Waals surface area (Å²) in [6.07, 6.45) is 3.37. The third-order valence-electron chi connectivity index (χ3n) is 3.02. The van der Waals surface area contributed by atoms with E-state index in [2.05, 4.69) is 15.3 Å². The third-order valence-corrected chi connectivity index (χ3v) is 3.02. The molecule has 2 N–H and O–H groups in total. The van der Waals surface area contributed by atoms with E-state index in [4.69, 9.17) is 0 Å². The minimum absolute atomic E-state index is 0.0344. The fourth-order valence-electron chi connectivity index (χ4n) is 2.15. The van der Waals surface area contributed by atoms with E-state index < -0.39 is 6.04 Å². The number of aromatic amines is 1. The van der Waals surface area contributed by atoms with Crippen LogP contribution in [0.25, 0.3) is 11.0 Å². The maximum atomic E-state index is 12.1. The van der Waals surface area contributed by atoms with Gasteiger partial charge in [0.1, 0.15) is 18.1 Å². The van der Waals surface area contributed by atoms with Crippen molar-refractivity contribution in [1.29, 1.82) is 0 Å². The van der Waals surface area contributed by atoms with Gasteiger partial charge in [-0.3, -0.25) is 19.5 Å². The predicted octanol–water partition coefficient (Wildman–Crippen LogP) is 0.414. The number of fused-ring (bicyclic) bond motifs is 1. The van der Waals surface area contributed by atoms with Crippen molar-refractivity contribution >= 4 is 28.5 Å². The van der Waals surface area contributed by atoms with Gasteiger partial charge in [-0.15, -0.1) is 0 Å². The number of pyridine rings is 1. The Labute approximate surface area is 103 Å². The topological polar surface area (TPSA) is 78.1 Å². The van der Waals surface area contributed by atoms with E-state index in [1.54, 1.807) is 19.3 Å². The SMILES string of the molecule is CC1NC(=O)CN(c2c[nH]c3cccnc23)C1=O. The molecular formula is C12H12N4O2. The van der Waals surface area contributed by atoms with Gasteiger partial charge < -0.3 is 10.3 Å². The lowest BCUT2D eigenvalue weighted by molar-refractivity contribution is -0.130. The number of piperazine rings is 1. The largest absolute Gasteiger partial charge is 0.358 e. The fraction of sp³-hybridized carbons (Fsp3) is 0.250. The number of carbonyl (C=O) groups excluding carboxylic acids is 2. The first-order valence-corrected chi connectivity index (χ1v) is 5.69. The molecule has 6 nitrogen and oxygen atoms in total. The summed E-state index contributed by atoms with van der Waals surface area (Å²) in [6, 6.07) is 3.19. The fourth-order valence-corrected chi connectivity index (χ4v) is 2.15. The van der Waals surface area contributed by atoms with Gasteiger partial charge in [0.15, 0.2) is 0 Å². The Morgan fingerprint density at radius 1 is 1.44 bits per heavy atom. The summed E-state index contributed by atoms with van der Waals surface area (Å²) < 4.78 is 0. The number of aromatic nitrogens is 2. The number of carbonyl (C=O) groups is 2. The molecule has 1 unspecified atom stereocenters. The highest BCUT2D eigenvalue weighted by atomic mass is 16.2. The van der Waals surface area contributed by atoms with E-state index in [0.717, 1.165) is 5.52 Å². The van der Waals surface area contributed by atoms with Gasteiger partial charge in [-0.2, -0.15) is 0 Å². The molecule has 2 aromatic heterocycles. The van der Waals surface area contributed by atoms with Crippen LogP contribution >= 0.6 is 0 Å². The van der Waals surface area contributed by atoms with Crippen LogP contribution < -0.4 is 10.2 Å². The Kier molecular flexibility index (Phi) is 2.29. The second kappa shape index (κ2) is 3.83. The maximum absolute atomic E-state index is 12.1. The average molecular weight is 244 g/mol. The van der Waals surface area contributed by atoms with Gasteiger partial charge in [0.2, 0.25) is 11.8 Å². The molecule has 2 amide bonds. The van der Waals surface area contributed by atoms with Crippen LogP contribution in [0.4, 0.5) is 5.69 Å². The molecule has 1 atom stereocenters. The highest BCUT2D eigenvalue weighted by Gasteiger charge is 2.31. The molecule has 1 fully saturated rings. The van der Waals surface area contributed by atoms with Gasteiger partial charge in [-0.05, 0) is 19.1 Å². The minimum Gasteiger partial charge on any atom is -0.358 e. The zero-order valence-electron chi connectivity index (χ0n) is 9.80. The number of hydrogen-bond donors (Lipinski definition) is 2. The molecule has 92 valence electrons. The number of nitrogens with one attached hydrogen (secondary N) is 2. The van der Waals surface area contributed by atoms with Crippen LogP contribution in [0.5, 0.6) is 0 Å². The molecule has 0 radical (unpaired) electrons. The molecule has 2 aromatic rings. The van der Waals surface area contributed by atoms with Crippen LogP contribution in [0.2, 0.25) is 0 Å². The summed E-state index contributed by atoms with van der Waals surface area (Å²) >= 11 is 0. The Morgan fingerprint density at radius 3 is 3.11 bits per heavy atom. The molecule has 1 aliphatic rings. The third kappa shape index (κ3) is 1.54. The quantitative estimate of drug-likeness (QED) is 0.762. The standard InChI is InChI=1S/C12H12N4O2/c1-7-12(18)16(6-10(17)15-7)9-5-14-8-3-2-4-13-11(8)9/h2-5,7,14H,6H2,1H3,(H,15,17). The van der Waals surface area contributed by atoms with Crippen LogP contribution in [0.1, 0.15) is 6.92 Å². The molecule has 0 spiro atoms. The second-order valence-corrected chi connectivity index (χ2v) is 4.29. The summed E-state index contributed by atoms with van der Waals surface area (Å²) in [5.74, 6) is -0.284. The molecule has 1 aliphatic heterocycles. The number of rotatable bonds is 1. The molecule has 0 bridgehead atoms. The first kappa shape index (κ1) is 10.8. The van der Waals surface area contributed by atoms with Gasteiger partial charge in [0, 0.05) is 12.4 Å². The van der Waals surface area contributed by atoms with E-state index in [-0.39, 0.29) is 18.4 Å². The van der Waals surface area contributed by atoms with Crippen molar-refractivity contribution < 1.29 is 9.59 Å². The van der Waals surface area contributed by atoms with Crippen molar-refractivity contribution in [3.05, 3.63) is 24.5 Å². The molecule has 0 aliphatic carbocycles. The van der Waals surface area contributed by atoms with Crippen LogP contribution in [0.15, 0.2) is 24.5 Å². The lowest BCUT2D eigenvalue weighted by atomic mass is 10.2. The monoisotopic (exact) mass is 244 g/mol. The van der Waals surface area contributed by atoms with E-state index in [0.29, 0.717) is 11.2 Å². The first-order chi connectivity index (χ1) is 8.66. The van der Waals surface area contributed by atoms with Crippen LogP contribution in [0.3, 0.4) is 0 Å². The van der Waals surface area contributed by atoms with Crippen molar-refractivity contribution in [1.82, 2.24) is 15.3 Å².